The lowest BCUT2D eigenvalue weighted by Gasteiger charge is -2.23. The molecule has 0 bridgehead atoms. The van der Waals surface area contributed by atoms with Crippen molar-refractivity contribution in [2.75, 3.05) is 13.7 Å². The summed E-state index contributed by atoms with van der Waals surface area (Å²) < 4.78 is 5.14. The Kier molecular flexibility index (Phi) is 6.54. The van der Waals surface area contributed by atoms with E-state index in [-0.39, 0.29) is 11.9 Å². The molecule has 34 heavy (non-hydrogen) atoms. The highest BCUT2D eigenvalue weighted by Gasteiger charge is 2.49. The normalized spacial score (nSPS) is 20.5. The van der Waals surface area contributed by atoms with Crippen LogP contribution < -0.4 is 20.7 Å². The van der Waals surface area contributed by atoms with Gasteiger partial charge in [-0.15, -0.1) is 0 Å². The molecule has 1 heterocycles. The molecule has 2 aromatic rings. The van der Waals surface area contributed by atoms with Crippen molar-refractivity contribution in [1.29, 1.82) is 0 Å². The smallest absolute Gasteiger partial charge is 0.325 e. The number of benzene rings is 2. The molecule has 1 saturated heterocycles. The van der Waals surface area contributed by atoms with Crippen LogP contribution in [0.25, 0.3) is 0 Å². The summed E-state index contributed by atoms with van der Waals surface area (Å²) >= 11 is 0. The zero-order valence-electron chi connectivity index (χ0n) is 19.2. The summed E-state index contributed by atoms with van der Waals surface area (Å²) in [6, 6.07) is 14.8. The Balaban J connectivity index is 1.44. The number of nitrogens with zero attached hydrogens (tertiary/aromatic N) is 1. The van der Waals surface area contributed by atoms with Gasteiger partial charge in [-0.2, -0.15) is 0 Å². The van der Waals surface area contributed by atoms with Crippen molar-refractivity contribution in [3.63, 3.8) is 0 Å². The first kappa shape index (κ1) is 23.3. The molecular weight excluding hydrogens is 436 g/mol. The SMILES string of the molecule is COc1ccc(C2(C)NC(=O)N(CC(=O)NC(Cc3ccccc3)C(=O)NC3CC3)C2=O)cc1. The number of nitrogens with one attached hydrogen (secondary N) is 3. The van der Waals surface area contributed by atoms with E-state index in [1.54, 1.807) is 31.2 Å². The Hall–Kier alpha value is -3.88. The molecule has 0 radical (unpaired) electrons. The van der Waals surface area contributed by atoms with E-state index in [2.05, 4.69) is 16.0 Å². The van der Waals surface area contributed by atoms with E-state index < -0.39 is 36.0 Å². The number of rotatable bonds is 9. The van der Waals surface area contributed by atoms with Gasteiger partial charge in [-0.25, -0.2) is 4.79 Å². The molecule has 2 fully saturated rings. The Morgan fingerprint density at radius 2 is 1.79 bits per heavy atom. The molecule has 2 aromatic carbocycles. The van der Waals surface area contributed by atoms with E-state index in [1.807, 2.05) is 30.3 Å². The van der Waals surface area contributed by atoms with Crippen molar-refractivity contribution in [1.82, 2.24) is 20.9 Å². The molecule has 5 amide bonds. The first-order chi connectivity index (χ1) is 16.3. The van der Waals surface area contributed by atoms with Crippen LogP contribution in [0.1, 0.15) is 30.9 Å². The number of imide groups is 1. The second-order valence-corrected chi connectivity index (χ2v) is 8.77. The third-order valence-corrected chi connectivity index (χ3v) is 6.10. The maximum Gasteiger partial charge on any atom is 0.325 e. The van der Waals surface area contributed by atoms with Gasteiger partial charge in [0.15, 0.2) is 0 Å². The molecule has 2 aliphatic rings. The molecular formula is C25H28N4O5. The number of methoxy groups -OCH3 is 1. The second-order valence-electron chi connectivity index (χ2n) is 8.77. The molecule has 2 atom stereocenters. The highest BCUT2D eigenvalue weighted by atomic mass is 16.5. The van der Waals surface area contributed by atoms with Crippen LogP contribution in [0, 0.1) is 0 Å². The lowest BCUT2D eigenvalue weighted by atomic mass is 9.92. The number of carbonyl (C=O) groups excluding carboxylic acids is 4. The quantitative estimate of drug-likeness (QED) is 0.486. The predicted octanol–water partition coefficient (Wildman–Crippen LogP) is 1.47. The first-order valence-corrected chi connectivity index (χ1v) is 11.2. The van der Waals surface area contributed by atoms with Crippen molar-refractivity contribution < 1.29 is 23.9 Å². The lowest BCUT2D eigenvalue weighted by Crippen LogP contribution is -2.51. The van der Waals surface area contributed by atoms with Crippen LogP contribution in [-0.2, 0) is 26.3 Å². The molecule has 4 rings (SSSR count). The van der Waals surface area contributed by atoms with Gasteiger partial charge in [0.05, 0.1) is 7.11 Å². The predicted molar refractivity (Wildman–Crippen MR) is 124 cm³/mol. The molecule has 2 unspecified atom stereocenters. The van der Waals surface area contributed by atoms with Gasteiger partial charge >= 0.3 is 6.03 Å². The van der Waals surface area contributed by atoms with Gasteiger partial charge in [-0.1, -0.05) is 42.5 Å². The largest absolute Gasteiger partial charge is 0.497 e. The van der Waals surface area contributed by atoms with Crippen molar-refractivity contribution in [3.05, 3.63) is 65.7 Å². The Labute approximate surface area is 197 Å². The Morgan fingerprint density at radius 1 is 1.12 bits per heavy atom. The summed E-state index contributed by atoms with van der Waals surface area (Å²) in [7, 11) is 1.54. The maximum atomic E-state index is 13.1. The second kappa shape index (κ2) is 9.54. The van der Waals surface area contributed by atoms with Crippen LogP contribution in [0.2, 0.25) is 0 Å². The van der Waals surface area contributed by atoms with Crippen LogP contribution in [0.3, 0.4) is 0 Å². The topological polar surface area (TPSA) is 117 Å². The minimum absolute atomic E-state index is 0.138. The zero-order chi connectivity index (χ0) is 24.3. The monoisotopic (exact) mass is 464 g/mol. The van der Waals surface area contributed by atoms with Crippen LogP contribution in [0.5, 0.6) is 5.75 Å². The van der Waals surface area contributed by atoms with Gasteiger partial charge in [0.1, 0.15) is 23.9 Å². The van der Waals surface area contributed by atoms with Gasteiger partial charge < -0.3 is 20.7 Å². The minimum atomic E-state index is -1.31. The Bertz CT molecular complexity index is 1080. The number of ether oxygens (including phenoxy) is 1. The highest BCUT2D eigenvalue weighted by molar-refractivity contribution is 6.09. The van der Waals surface area contributed by atoms with Crippen LogP contribution in [0.15, 0.2) is 54.6 Å². The third kappa shape index (κ3) is 5.03. The lowest BCUT2D eigenvalue weighted by molar-refractivity contribution is -0.135. The molecule has 1 aliphatic heterocycles. The van der Waals surface area contributed by atoms with Crippen molar-refractivity contribution in [2.24, 2.45) is 0 Å². The molecule has 178 valence electrons. The maximum absolute atomic E-state index is 13.1. The van der Waals surface area contributed by atoms with E-state index >= 15 is 0 Å². The molecule has 9 nitrogen and oxygen atoms in total. The van der Waals surface area contributed by atoms with Crippen molar-refractivity contribution in [2.45, 2.75) is 43.8 Å². The van der Waals surface area contributed by atoms with E-state index in [9.17, 15) is 19.2 Å². The highest BCUT2D eigenvalue weighted by Crippen LogP contribution is 2.30. The molecule has 3 N–H and O–H groups in total. The minimum Gasteiger partial charge on any atom is -0.497 e. The molecule has 1 saturated carbocycles. The third-order valence-electron chi connectivity index (χ3n) is 6.10. The summed E-state index contributed by atoms with van der Waals surface area (Å²) in [5.41, 5.74) is 0.150. The fourth-order valence-corrected chi connectivity index (χ4v) is 3.93. The summed E-state index contributed by atoms with van der Waals surface area (Å²) in [6.45, 7) is 1.10. The van der Waals surface area contributed by atoms with E-state index in [0.29, 0.717) is 17.7 Å². The summed E-state index contributed by atoms with van der Waals surface area (Å²) in [4.78, 5) is 52.2. The first-order valence-electron chi connectivity index (χ1n) is 11.2. The summed E-state index contributed by atoms with van der Waals surface area (Å²) in [6.07, 6.45) is 2.14. The standard InChI is InChI=1S/C25H28N4O5/c1-25(17-8-12-19(34-2)13-9-17)23(32)29(24(33)28-25)15-21(30)27-20(22(31)26-18-10-11-18)14-16-6-4-3-5-7-16/h3-9,12-13,18,20H,10-11,14-15H2,1-2H3,(H,26,31)(H,27,30)(H,28,33). The molecule has 0 spiro atoms. The van der Waals surface area contributed by atoms with E-state index in [4.69, 9.17) is 4.74 Å². The van der Waals surface area contributed by atoms with E-state index in [0.717, 1.165) is 23.3 Å². The Morgan fingerprint density at radius 3 is 2.41 bits per heavy atom. The van der Waals surface area contributed by atoms with Crippen LogP contribution in [0.4, 0.5) is 4.79 Å². The number of hydrogen-bond donors (Lipinski definition) is 3. The average Bonchev–Trinajstić information content (AvgIpc) is 3.62. The van der Waals surface area contributed by atoms with Gasteiger partial charge in [0, 0.05) is 12.5 Å². The van der Waals surface area contributed by atoms with Gasteiger partial charge in [0.25, 0.3) is 5.91 Å². The van der Waals surface area contributed by atoms with Crippen LogP contribution >= 0.6 is 0 Å². The number of amides is 5. The zero-order valence-corrected chi connectivity index (χ0v) is 19.2. The van der Waals surface area contributed by atoms with E-state index in [1.165, 1.54) is 7.11 Å². The average molecular weight is 465 g/mol. The van der Waals surface area contributed by atoms with Crippen molar-refractivity contribution in [3.8, 4) is 5.75 Å². The number of carbonyl (C=O) groups is 4. The summed E-state index contributed by atoms with van der Waals surface area (Å²) in [5, 5.41) is 8.30. The van der Waals surface area contributed by atoms with Gasteiger partial charge in [0.2, 0.25) is 11.8 Å². The van der Waals surface area contributed by atoms with Gasteiger partial charge in [-0.3, -0.25) is 19.3 Å². The fourth-order valence-electron chi connectivity index (χ4n) is 3.93. The summed E-state index contributed by atoms with van der Waals surface area (Å²) in [5.74, 6) is -0.788. The molecule has 0 aromatic heterocycles. The number of urea groups is 1. The fraction of sp³-hybridized carbons (Fsp3) is 0.360. The van der Waals surface area contributed by atoms with Gasteiger partial charge in [-0.05, 0) is 43.0 Å². The molecule has 1 aliphatic carbocycles. The van der Waals surface area contributed by atoms with Crippen molar-refractivity contribution >= 4 is 23.8 Å². The van der Waals surface area contributed by atoms with Crippen LogP contribution in [-0.4, -0.2) is 54.4 Å². The molecule has 9 heteroatoms. The number of hydrogen-bond acceptors (Lipinski definition) is 5.